The van der Waals surface area contributed by atoms with E-state index in [1.165, 1.54) is 4.90 Å². The molecule has 4 nitrogen and oxygen atoms in total. The summed E-state index contributed by atoms with van der Waals surface area (Å²) in [6.45, 7) is 0.756. The van der Waals surface area contributed by atoms with Crippen LogP contribution in [0.15, 0.2) is 42.5 Å². The highest BCUT2D eigenvalue weighted by molar-refractivity contribution is 6.33. The van der Waals surface area contributed by atoms with Gasteiger partial charge in [0.15, 0.2) is 0 Å². The summed E-state index contributed by atoms with van der Waals surface area (Å²) in [5, 5.41) is 3.29. The van der Waals surface area contributed by atoms with Crippen LogP contribution in [0.4, 0.5) is 8.78 Å². The van der Waals surface area contributed by atoms with Crippen molar-refractivity contribution in [3.63, 3.8) is 0 Å². The van der Waals surface area contributed by atoms with E-state index in [4.69, 9.17) is 11.6 Å². The largest absolute Gasteiger partial charge is 0.349 e. The molecule has 0 radical (unpaired) electrons. The van der Waals surface area contributed by atoms with Gasteiger partial charge in [-0.1, -0.05) is 23.7 Å². The van der Waals surface area contributed by atoms with Gasteiger partial charge in [0.1, 0.15) is 11.6 Å². The van der Waals surface area contributed by atoms with Crippen LogP contribution in [0.2, 0.25) is 5.02 Å². The first-order valence-electron chi connectivity index (χ1n) is 8.25. The Morgan fingerprint density at radius 1 is 1.04 bits per heavy atom. The Labute approximate surface area is 154 Å². The van der Waals surface area contributed by atoms with Gasteiger partial charge in [-0.25, -0.2) is 8.78 Å². The van der Waals surface area contributed by atoms with Crippen LogP contribution < -0.4 is 5.32 Å². The average Bonchev–Trinajstić information content (AvgIpc) is 2.62. The van der Waals surface area contributed by atoms with Gasteiger partial charge in [-0.05, 0) is 37.1 Å². The van der Waals surface area contributed by atoms with Gasteiger partial charge in [-0.3, -0.25) is 9.59 Å². The quantitative estimate of drug-likeness (QED) is 0.886. The number of likely N-dealkylation sites (tertiary alicyclic amines) is 1. The molecular formula is C19H17ClF2N2O2. The minimum Gasteiger partial charge on any atom is -0.349 e. The summed E-state index contributed by atoms with van der Waals surface area (Å²) >= 11 is 6.02. The number of nitrogens with zero attached hydrogens (tertiary/aromatic N) is 1. The van der Waals surface area contributed by atoms with E-state index in [2.05, 4.69) is 5.32 Å². The van der Waals surface area contributed by atoms with Gasteiger partial charge in [-0.15, -0.1) is 0 Å². The summed E-state index contributed by atoms with van der Waals surface area (Å²) in [5.74, 6) is -2.33. The molecule has 2 aromatic rings. The van der Waals surface area contributed by atoms with Gasteiger partial charge in [-0.2, -0.15) is 0 Å². The van der Waals surface area contributed by atoms with Gasteiger partial charge < -0.3 is 10.2 Å². The smallest absolute Gasteiger partial charge is 0.256 e. The minimum absolute atomic E-state index is 0.0964. The molecule has 3 rings (SSSR count). The number of piperidine rings is 1. The fourth-order valence-corrected chi connectivity index (χ4v) is 3.19. The van der Waals surface area contributed by atoms with Crippen molar-refractivity contribution in [1.29, 1.82) is 0 Å². The molecule has 1 N–H and O–H groups in total. The molecule has 1 aliphatic heterocycles. The second kappa shape index (κ2) is 7.83. The molecule has 0 spiro atoms. The lowest BCUT2D eigenvalue weighted by Gasteiger charge is -2.32. The number of halogens is 3. The van der Waals surface area contributed by atoms with Gasteiger partial charge in [0.2, 0.25) is 0 Å². The average molecular weight is 379 g/mol. The maximum atomic E-state index is 13.8. The molecule has 136 valence electrons. The zero-order chi connectivity index (χ0) is 18.7. The molecule has 1 fully saturated rings. The van der Waals surface area contributed by atoms with Crippen molar-refractivity contribution in [2.45, 2.75) is 18.9 Å². The lowest BCUT2D eigenvalue weighted by Crippen LogP contribution is -2.46. The molecule has 0 aliphatic carbocycles. The molecule has 1 saturated heterocycles. The van der Waals surface area contributed by atoms with Gasteiger partial charge >= 0.3 is 0 Å². The van der Waals surface area contributed by atoms with Crippen LogP contribution in [0.5, 0.6) is 0 Å². The van der Waals surface area contributed by atoms with E-state index in [0.29, 0.717) is 42.6 Å². The number of nitrogens with one attached hydrogen (secondary N) is 1. The van der Waals surface area contributed by atoms with Crippen LogP contribution in [0.25, 0.3) is 0 Å². The highest BCUT2D eigenvalue weighted by atomic mass is 35.5. The lowest BCUT2D eigenvalue weighted by molar-refractivity contribution is 0.0693. The Kier molecular flexibility index (Phi) is 5.52. The van der Waals surface area contributed by atoms with Gasteiger partial charge in [0, 0.05) is 25.2 Å². The number of hydrogen-bond acceptors (Lipinski definition) is 2. The first-order valence-corrected chi connectivity index (χ1v) is 8.63. The van der Waals surface area contributed by atoms with Crippen molar-refractivity contribution >= 4 is 23.4 Å². The third-order valence-corrected chi connectivity index (χ3v) is 4.73. The second-order valence-electron chi connectivity index (χ2n) is 6.14. The highest BCUT2D eigenvalue weighted by Crippen LogP contribution is 2.19. The summed E-state index contributed by atoms with van der Waals surface area (Å²) in [7, 11) is 0. The first kappa shape index (κ1) is 18.3. The minimum atomic E-state index is -0.871. The number of rotatable bonds is 3. The van der Waals surface area contributed by atoms with E-state index in [0.717, 1.165) is 12.1 Å². The Morgan fingerprint density at radius 3 is 2.38 bits per heavy atom. The Bertz CT molecular complexity index is 836. The molecular weight excluding hydrogens is 362 g/mol. The van der Waals surface area contributed by atoms with Crippen molar-refractivity contribution in [1.82, 2.24) is 10.2 Å². The van der Waals surface area contributed by atoms with E-state index in [9.17, 15) is 18.4 Å². The number of carbonyl (C=O) groups is 2. The molecule has 0 bridgehead atoms. The monoisotopic (exact) mass is 378 g/mol. The van der Waals surface area contributed by atoms with Crippen LogP contribution in [0.1, 0.15) is 33.6 Å². The molecule has 0 saturated carbocycles. The molecule has 0 unspecified atom stereocenters. The van der Waals surface area contributed by atoms with Crippen LogP contribution in [-0.4, -0.2) is 35.8 Å². The number of benzene rings is 2. The van der Waals surface area contributed by atoms with Crippen molar-refractivity contribution in [3.05, 3.63) is 70.2 Å². The second-order valence-corrected chi connectivity index (χ2v) is 6.55. The van der Waals surface area contributed by atoms with Crippen LogP contribution >= 0.6 is 11.6 Å². The van der Waals surface area contributed by atoms with Crippen molar-refractivity contribution in [2.24, 2.45) is 0 Å². The molecule has 0 aromatic heterocycles. The molecule has 2 aromatic carbocycles. The maximum Gasteiger partial charge on any atom is 0.256 e. The normalized spacial score (nSPS) is 15.0. The van der Waals surface area contributed by atoms with E-state index >= 15 is 0 Å². The molecule has 26 heavy (non-hydrogen) atoms. The molecule has 7 heteroatoms. The Hall–Kier alpha value is -2.47. The number of hydrogen-bond donors (Lipinski definition) is 1. The fourth-order valence-electron chi connectivity index (χ4n) is 2.97. The zero-order valence-electron chi connectivity index (χ0n) is 13.8. The fraction of sp³-hybridized carbons (Fsp3) is 0.263. The van der Waals surface area contributed by atoms with Gasteiger partial charge in [0.05, 0.1) is 16.1 Å². The zero-order valence-corrected chi connectivity index (χ0v) is 14.6. The summed E-state index contributed by atoms with van der Waals surface area (Å²) in [4.78, 5) is 26.2. The van der Waals surface area contributed by atoms with Gasteiger partial charge in [0.25, 0.3) is 11.8 Å². The summed E-state index contributed by atoms with van der Waals surface area (Å²) in [6.07, 6.45) is 1.09. The standard InChI is InChI=1S/C19H17ClF2N2O2/c20-16-4-2-1-3-14(16)18(25)23-13-7-9-24(10-8-13)19(26)15-6-5-12(21)11-17(15)22/h1-6,11,13H,7-10H2,(H,23,25). The SMILES string of the molecule is O=C(NC1CCN(C(=O)c2ccc(F)cc2F)CC1)c1ccccc1Cl. The molecule has 0 atom stereocenters. The Morgan fingerprint density at radius 2 is 1.73 bits per heavy atom. The van der Waals surface area contributed by atoms with Crippen molar-refractivity contribution in [3.8, 4) is 0 Å². The summed E-state index contributed by atoms with van der Waals surface area (Å²) < 4.78 is 26.8. The lowest BCUT2D eigenvalue weighted by atomic mass is 10.0. The Balaban J connectivity index is 1.58. The highest BCUT2D eigenvalue weighted by Gasteiger charge is 2.26. The first-order chi connectivity index (χ1) is 12.5. The predicted octanol–water partition coefficient (Wildman–Crippen LogP) is 3.65. The molecule has 1 aliphatic rings. The summed E-state index contributed by atoms with van der Waals surface area (Å²) in [6, 6.07) is 9.59. The third kappa shape index (κ3) is 4.02. The molecule has 1 heterocycles. The van der Waals surface area contributed by atoms with E-state index in [1.807, 2.05) is 0 Å². The predicted molar refractivity (Wildman–Crippen MR) is 94.2 cm³/mol. The van der Waals surface area contributed by atoms with Crippen molar-refractivity contribution < 1.29 is 18.4 Å². The molecule has 2 amide bonds. The third-order valence-electron chi connectivity index (χ3n) is 4.40. The topological polar surface area (TPSA) is 49.4 Å². The van der Waals surface area contributed by atoms with E-state index in [-0.39, 0.29) is 17.5 Å². The van der Waals surface area contributed by atoms with Crippen molar-refractivity contribution in [2.75, 3.05) is 13.1 Å². The van der Waals surface area contributed by atoms with E-state index < -0.39 is 17.5 Å². The maximum absolute atomic E-state index is 13.8. The van der Waals surface area contributed by atoms with Crippen LogP contribution in [-0.2, 0) is 0 Å². The number of amides is 2. The van der Waals surface area contributed by atoms with Crippen LogP contribution in [0, 0.1) is 11.6 Å². The van der Waals surface area contributed by atoms with Crippen LogP contribution in [0.3, 0.4) is 0 Å². The van der Waals surface area contributed by atoms with E-state index in [1.54, 1.807) is 24.3 Å². The number of carbonyl (C=O) groups excluding carboxylic acids is 2. The summed E-state index contributed by atoms with van der Waals surface area (Å²) in [5.41, 5.74) is 0.256.